The van der Waals surface area contributed by atoms with Crippen LogP contribution >= 0.6 is 27.7 Å². The molecule has 0 saturated heterocycles. The molecule has 1 amide bonds. The molecule has 0 bridgehead atoms. The molecule has 0 aliphatic heterocycles. The molecule has 32 heavy (non-hydrogen) atoms. The second-order valence-corrected chi connectivity index (χ2v) is 9.91. The number of aromatic nitrogens is 4. The van der Waals surface area contributed by atoms with E-state index in [9.17, 15) is 4.79 Å². The predicted octanol–water partition coefficient (Wildman–Crippen LogP) is 5.58. The number of carbonyl (C=O) groups is 1. The molecule has 1 N–H and O–H groups in total. The third kappa shape index (κ3) is 4.81. The van der Waals surface area contributed by atoms with Crippen LogP contribution in [-0.4, -0.2) is 36.9 Å². The summed E-state index contributed by atoms with van der Waals surface area (Å²) in [5, 5.41) is 13.2. The maximum absolute atomic E-state index is 12.7. The normalized spacial score (nSPS) is 13.4. The second kappa shape index (κ2) is 10.0. The van der Waals surface area contributed by atoms with Gasteiger partial charge in [0.2, 0.25) is 11.1 Å². The first-order valence-electron chi connectivity index (χ1n) is 10.8. The molecule has 2 aromatic carbocycles. The lowest BCUT2D eigenvalue weighted by Gasteiger charge is -2.17. The Morgan fingerprint density at radius 3 is 2.56 bits per heavy atom. The van der Waals surface area contributed by atoms with E-state index in [4.69, 9.17) is 4.98 Å². The van der Waals surface area contributed by atoms with Gasteiger partial charge in [-0.15, -0.1) is 10.2 Å². The average molecular weight is 512 g/mol. The van der Waals surface area contributed by atoms with E-state index in [1.165, 1.54) is 17.3 Å². The first-order valence-corrected chi connectivity index (χ1v) is 12.5. The van der Waals surface area contributed by atoms with Crippen molar-refractivity contribution in [3.8, 4) is 0 Å². The van der Waals surface area contributed by atoms with Crippen LogP contribution in [0.25, 0.3) is 22.1 Å². The van der Waals surface area contributed by atoms with Crippen LogP contribution in [0.3, 0.4) is 0 Å². The third-order valence-corrected chi connectivity index (χ3v) is 7.26. The van der Waals surface area contributed by atoms with Crippen molar-refractivity contribution in [2.24, 2.45) is 0 Å². The lowest BCUT2D eigenvalue weighted by Crippen LogP contribution is -2.38. The van der Waals surface area contributed by atoms with Crippen LogP contribution in [0.4, 0.5) is 0 Å². The van der Waals surface area contributed by atoms with Gasteiger partial charge in [0.05, 0.1) is 10.8 Å². The molecule has 0 spiro atoms. The first kappa shape index (κ1) is 22.7. The molecule has 8 heteroatoms. The van der Waals surface area contributed by atoms with Crippen molar-refractivity contribution in [3.05, 3.63) is 58.6 Å². The van der Waals surface area contributed by atoms with Gasteiger partial charge >= 0.3 is 0 Å². The minimum atomic E-state index is -0.257. The molecule has 0 fully saturated rings. The van der Waals surface area contributed by atoms with Crippen LogP contribution in [0.1, 0.15) is 39.2 Å². The van der Waals surface area contributed by atoms with Crippen molar-refractivity contribution >= 4 is 55.7 Å². The average Bonchev–Trinajstić information content (AvgIpc) is 3.11. The zero-order chi connectivity index (χ0) is 22.7. The SMILES string of the molecule is CCC(C)NC(=O)C(CC)Sc1nnc2c3ccccc3n(Cc3ccc(Br)cc3)c2n1. The van der Waals surface area contributed by atoms with Gasteiger partial charge in [0, 0.05) is 22.4 Å². The summed E-state index contributed by atoms with van der Waals surface area (Å²) in [6.45, 7) is 6.75. The molecule has 2 unspecified atom stereocenters. The van der Waals surface area contributed by atoms with E-state index in [1.807, 2.05) is 44.2 Å². The molecule has 0 aliphatic carbocycles. The standard InChI is InChI=1S/C24H26BrN5OS/c1-4-15(3)26-23(31)20(5-2)32-24-27-22-21(28-29-24)18-8-6-7-9-19(18)30(22)14-16-10-12-17(25)13-11-16/h6-13,15,20H,4-5,14H2,1-3H3,(H,26,31). The summed E-state index contributed by atoms with van der Waals surface area (Å²) in [5.41, 5.74) is 3.79. The summed E-state index contributed by atoms with van der Waals surface area (Å²) in [7, 11) is 0. The number of thioether (sulfide) groups is 1. The van der Waals surface area contributed by atoms with E-state index < -0.39 is 0 Å². The van der Waals surface area contributed by atoms with Gasteiger partial charge in [0.25, 0.3) is 0 Å². The Morgan fingerprint density at radius 1 is 1.09 bits per heavy atom. The lowest BCUT2D eigenvalue weighted by molar-refractivity contribution is -0.121. The number of nitrogens with zero attached hydrogens (tertiary/aromatic N) is 4. The number of fused-ring (bicyclic) bond motifs is 3. The largest absolute Gasteiger partial charge is 0.353 e. The van der Waals surface area contributed by atoms with E-state index in [0.29, 0.717) is 18.1 Å². The Labute approximate surface area is 200 Å². The molecule has 6 nitrogen and oxygen atoms in total. The van der Waals surface area contributed by atoms with Crippen LogP contribution < -0.4 is 5.32 Å². The molecule has 0 aliphatic rings. The van der Waals surface area contributed by atoms with E-state index in [0.717, 1.165) is 33.0 Å². The smallest absolute Gasteiger partial charge is 0.233 e. The number of hydrogen-bond donors (Lipinski definition) is 1. The number of nitrogens with one attached hydrogen (secondary N) is 1. The van der Waals surface area contributed by atoms with Crippen LogP contribution in [0, 0.1) is 0 Å². The highest BCUT2D eigenvalue weighted by atomic mass is 79.9. The van der Waals surface area contributed by atoms with Gasteiger partial charge in [-0.25, -0.2) is 4.98 Å². The number of halogens is 1. The molecule has 4 rings (SSSR count). The minimum absolute atomic E-state index is 0.0194. The van der Waals surface area contributed by atoms with Gasteiger partial charge in [0.15, 0.2) is 5.65 Å². The highest BCUT2D eigenvalue weighted by molar-refractivity contribution is 9.10. The van der Waals surface area contributed by atoms with Crippen LogP contribution in [0.5, 0.6) is 0 Å². The summed E-state index contributed by atoms with van der Waals surface area (Å²) < 4.78 is 3.22. The molecule has 0 saturated carbocycles. The highest BCUT2D eigenvalue weighted by Gasteiger charge is 2.22. The monoisotopic (exact) mass is 511 g/mol. The number of rotatable bonds is 8. The predicted molar refractivity (Wildman–Crippen MR) is 134 cm³/mol. The Morgan fingerprint density at radius 2 is 1.84 bits per heavy atom. The number of hydrogen-bond acceptors (Lipinski definition) is 5. The molecule has 2 aromatic heterocycles. The minimum Gasteiger partial charge on any atom is -0.353 e. The summed E-state index contributed by atoms with van der Waals surface area (Å²) in [6.07, 6.45) is 1.59. The second-order valence-electron chi connectivity index (χ2n) is 7.83. The molecule has 2 atom stereocenters. The van der Waals surface area contributed by atoms with E-state index in [2.05, 4.69) is 61.1 Å². The zero-order valence-corrected chi connectivity index (χ0v) is 20.8. The van der Waals surface area contributed by atoms with Crippen LogP contribution in [0.2, 0.25) is 0 Å². The fraction of sp³-hybridized carbons (Fsp3) is 0.333. The van der Waals surface area contributed by atoms with Crippen molar-refractivity contribution in [1.82, 2.24) is 25.1 Å². The first-order chi connectivity index (χ1) is 15.5. The van der Waals surface area contributed by atoms with Crippen LogP contribution in [0.15, 0.2) is 58.2 Å². The van der Waals surface area contributed by atoms with E-state index in [1.54, 1.807) is 0 Å². The Bertz CT molecular complexity index is 1240. The molecular weight excluding hydrogens is 486 g/mol. The molecule has 4 aromatic rings. The summed E-state index contributed by atoms with van der Waals surface area (Å²) >= 11 is 4.87. The highest BCUT2D eigenvalue weighted by Crippen LogP contribution is 2.29. The van der Waals surface area contributed by atoms with Gasteiger partial charge in [0.1, 0.15) is 5.52 Å². The number of benzene rings is 2. The summed E-state index contributed by atoms with van der Waals surface area (Å²) in [5.74, 6) is 0.0194. The number of para-hydroxylation sites is 1. The van der Waals surface area contributed by atoms with Crippen molar-refractivity contribution in [2.75, 3.05) is 0 Å². The van der Waals surface area contributed by atoms with Crippen molar-refractivity contribution in [2.45, 2.75) is 56.6 Å². The quantitative estimate of drug-likeness (QED) is 0.312. The lowest BCUT2D eigenvalue weighted by atomic mass is 10.2. The zero-order valence-electron chi connectivity index (χ0n) is 18.4. The fourth-order valence-electron chi connectivity index (χ4n) is 3.56. The Balaban J connectivity index is 1.71. The topological polar surface area (TPSA) is 72.7 Å². The summed E-state index contributed by atoms with van der Waals surface area (Å²) in [6, 6.07) is 16.6. The van der Waals surface area contributed by atoms with Gasteiger partial charge in [-0.3, -0.25) is 4.79 Å². The Hall–Kier alpha value is -2.45. The van der Waals surface area contributed by atoms with Gasteiger partial charge < -0.3 is 9.88 Å². The van der Waals surface area contributed by atoms with Gasteiger partial charge in [-0.2, -0.15) is 0 Å². The van der Waals surface area contributed by atoms with E-state index in [-0.39, 0.29) is 17.2 Å². The third-order valence-electron chi connectivity index (χ3n) is 5.52. The maximum atomic E-state index is 12.7. The summed E-state index contributed by atoms with van der Waals surface area (Å²) in [4.78, 5) is 17.5. The van der Waals surface area contributed by atoms with Crippen molar-refractivity contribution in [3.63, 3.8) is 0 Å². The number of amides is 1. The number of carbonyl (C=O) groups excluding carboxylic acids is 1. The molecule has 0 radical (unpaired) electrons. The van der Waals surface area contributed by atoms with E-state index >= 15 is 0 Å². The van der Waals surface area contributed by atoms with Crippen molar-refractivity contribution < 1.29 is 4.79 Å². The van der Waals surface area contributed by atoms with Crippen molar-refractivity contribution in [1.29, 1.82) is 0 Å². The van der Waals surface area contributed by atoms with Gasteiger partial charge in [-0.1, -0.05) is 71.9 Å². The van der Waals surface area contributed by atoms with Crippen LogP contribution in [-0.2, 0) is 11.3 Å². The fourth-order valence-corrected chi connectivity index (χ4v) is 4.65. The molecular formula is C24H26BrN5OS. The molecule has 166 valence electrons. The maximum Gasteiger partial charge on any atom is 0.233 e. The Kier molecular flexibility index (Phi) is 7.10. The van der Waals surface area contributed by atoms with Gasteiger partial charge in [-0.05, 0) is 43.5 Å². The molecule has 2 heterocycles.